The van der Waals surface area contributed by atoms with Crippen LogP contribution in [0.1, 0.15) is 30.5 Å². The maximum absolute atomic E-state index is 12.5. The fourth-order valence-electron chi connectivity index (χ4n) is 3.96. The number of anilines is 1. The summed E-state index contributed by atoms with van der Waals surface area (Å²) in [6.45, 7) is 5.42. The van der Waals surface area contributed by atoms with Crippen LogP contribution in [0.15, 0.2) is 97.1 Å². The number of hydrogen-bond acceptors (Lipinski definition) is 5. The van der Waals surface area contributed by atoms with Gasteiger partial charge in [0.05, 0.1) is 20.3 Å². The fraction of sp³-hybridized carbons (Fsp3) is 0.219. The largest absolute Gasteiger partial charge is 0.493 e. The number of carbonyl (C=O) groups excluding carboxylic acids is 1. The molecular formula is C32H33NO5. The van der Waals surface area contributed by atoms with Crippen molar-refractivity contribution in [2.24, 2.45) is 0 Å². The predicted molar refractivity (Wildman–Crippen MR) is 149 cm³/mol. The van der Waals surface area contributed by atoms with E-state index in [4.69, 9.17) is 18.9 Å². The Kier molecular flexibility index (Phi) is 9.24. The van der Waals surface area contributed by atoms with Gasteiger partial charge in [0, 0.05) is 12.6 Å². The van der Waals surface area contributed by atoms with Gasteiger partial charge in [-0.1, -0.05) is 48.5 Å². The third-order valence-corrected chi connectivity index (χ3v) is 5.97. The highest BCUT2D eigenvalue weighted by Crippen LogP contribution is 2.29. The van der Waals surface area contributed by atoms with Crippen LogP contribution >= 0.6 is 0 Å². The summed E-state index contributed by atoms with van der Waals surface area (Å²) in [6.07, 6.45) is 0. The predicted octanol–water partition coefficient (Wildman–Crippen LogP) is 6.81. The lowest BCUT2D eigenvalue weighted by molar-refractivity contribution is -0.116. The molecule has 0 spiro atoms. The molecule has 0 atom stereocenters. The monoisotopic (exact) mass is 511 g/mol. The lowest BCUT2D eigenvalue weighted by Gasteiger charge is -2.22. The quantitative estimate of drug-likeness (QED) is 0.209. The number of rotatable bonds is 12. The highest BCUT2D eigenvalue weighted by Gasteiger charge is 2.14. The first-order valence-electron chi connectivity index (χ1n) is 12.6. The molecule has 1 amide bonds. The Labute approximate surface area is 224 Å². The van der Waals surface area contributed by atoms with Crippen LogP contribution in [0.3, 0.4) is 0 Å². The standard InChI is InChI=1S/C32H33NO5/c1-4-36-31-19-12-27(20-32(31)35-3)21-33(24(2)34)28-13-10-26(11-14-28)23-38-30-17-15-29(16-18-30)37-22-25-8-6-5-7-9-25/h5-20H,4,21-23H2,1-3H3. The summed E-state index contributed by atoms with van der Waals surface area (Å²) >= 11 is 0. The van der Waals surface area contributed by atoms with Crippen LogP contribution in [-0.4, -0.2) is 19.6 Å². The molecule has 6 heteroatoms. The lowest BCUT2D eigenvalue weighted by Crippen LogP contribution is -2.27. The van der Waals surface area contributed by atoms with Crippen molar-refractivity contribution in [3.63, 3.8) is 0 Å². The van der Waals surface area contributed by atoms with Gasteiger partial charge < -0.3 is 23.8 Å². The average Bonchev–Trinajstić information content (AvgIpc) is 2.96. The number of benzene rings is 4. The molecule has 4 aromatic rings. The second kappa shape index (κ2) is 13.2. The molecule has 0 heterocycles. The van der Waals surface area contributed by atoms with Crippen LogP contribution in [0.25, 0.3) is 0 Å². The molecule has 0 fully saturated rings. The molecule has 0 aliphatic carbocycles. The SMILES string of the molecule is CCOc1ccc(CN(C(C)=O)c2ccc(COc3ccc(OCc4ccccc4)cc3)cc2)cc1OC. The van der Waals surface area contributed by atoms with Crippen LogP contribution in [0.5, 0.6) is 23.0 Å². The highest BCUT2D eigenvalue weighted by atomic mass is 16.5. The third kappa shape index (κ3) is 7.29. The van der Waals surface area contributed by atoms with Gasteiger partial charge in [-0.2, -0.15) is 0 Å². The van der Waals surface area contributed by atoms with Gasteiger partial charge in [-0.15, -0.1) is 0 Å². The topological polar surface area (TPSA) is 57.2 Å². The molecule has 4 rings (SSSR count). The van der Waals surface area contributed by atoms with E-state index in [1.54, 1.807) is 18.9 Å². The van der Waals surface area contributed by atoms with Crippen molar-refractivity contribution in [2.75, 3.05) is 18.6 Å². The number of ether oxygens (including phenoxy) is 4. The minimum absolute atomic E-state index is 0.0450. The Morgan fingerprint density at radius 2 is 1.26 bits per heavy atom. The number of methoxy groups -OCH3 is 1. The van der Waals surface area contributed by atoms with E-state index in [1.807, 2.05) is 104 Å². The summed E-state index contributed by atoms with van der Waals surface area (Å²) in [5.74, 6) is 2.84. The van der Waals surface area contributed by atoms with E-state index in [2.05, 4.69) is 0 Å². The normalized spacial score (nSPS) is 10.5. The molecule has 0 aliphatic heterocycles. The van der Waals surface area contributed by atoms with Crippen LogP contribution in [-0.2, 0) is 24.6 Å². The number of amides is 1. The molecule has 0 aromatic heterocycles. The van der Waals surface area contributed by atoms with Gasteiger partial charge in [-0.05, 0) is 72.1 Å². The number of nitrogens with zero attached hydrogens (tertiary/aromatic N) is 1. The van der Waals surface area contributed by atoms with Crippen LogP contribution in [0.4, 0.5) is 5.69 Å². The Hall–Kier alpha value is -4.45. The van der Waals surface area contributed by atoms with E-state index in [-0.39, 0.29) is 5.91 Å². The summed E-state index contributed by atoms with van der Waals surface area (Å²) in [4.78, 5) is 14.2. The Balaban J connectivity index is 1.33. The van der Waals surface area contributed by atoms with E-state index >= 15 is 0 Å². The third-order valence-electron chi connectivity index (χ3n) is 5.97. The molecule has 0 bridgehead atoms. The number of hydrogen-bond donors (Lipinski definition) is 0. The van der Waals surface area contributed by atoms with E-state index in [0.717, 1.165) is 33.9 Å². The zero-order chi connectivity index (χ0) is 26.7. The van der Waals surface area contributed by atoms with Gasteiger partial charge in [0.15, 0.2) is 11.5 Å². The van der Waals surface area contributed by atoms with Crippen molar-refractivity contribution in [3.05, 3.63) is 114 Å². The molecule has 6 nitrogen and oxygen atoms in total. The molecule has 0 unspecified atom stereocenters. The molecule has 0 saturated heterocycles. The molecule has 0 saturated carbocycles. The highest BCUT2D eigenvalue weighted by molar-refractivity contribution is 5.91. The summed E-state index contributed by atoms with van der Waals surface area (Å²) in [5, 5.41) is 0. The Morgan fingerprint density at radius 3 is 1.82 bits per heavy atom. The first kappa shape index (κ1) is 26.6. The molecular weight excluding hydrogens is 478 g/mol. The number of carbonyl (C=O) groups is 1. The average molecular weight is 512 g/mol. The second-order valence-electron chi connectivity index (χ2n) is 8.72. The zero-order valence-electron chi connectivity index (χ0n) is 22.1. The smallest absolute Gasteiger partial charge is 0.224 e. The molecule has 38 heavy (non-hydrogen) atoms. The minimum atomic E-state index is -0.0450. The summed E-state index contributed by atoms with van der Waals surface area (Å²) < 4.78 is 22.8. The molecule has 196 valence electrons. The van der Waals surface area contributed by atoms with Gasteiger partial charge in [-0.3, -0.25) is 4.79 Å². The maximum atomic E-state index is 12.5. The van der Waals surface area contributed by atoms with E-state index < -0.39 is 0 Å². The zero-order valence-corrected chi connectivity index (χ0v) is 22.1. The van der Waals surface area contributed by atoms with Crippen LogP contribution in [0, 0.1) is 0 Å². The summed E-state index contributed by atoms with van der Waals surface area (Å²) in [5.41, 5.74) is 3.89. The van der Waals surface area contributed by atoms with Crippen molar-refractivity contribution in [2.45, 2.75) is 33.6 Å². The van der Waals surface area contributed by atoms with Gasteiger partial charge in [-0.25, -0.2) is 0 Å². The van der Waals surface area contributed by atoms with Gasteiger partial charge in [0.2, 0.25) is 5.91 Å². The van der Waals surface area contributed by atoms with E-state index in [9.17, 15) is 4.79 Å². The van der Waals surface area contributed by atoms with Crippen molar-refractivity contribution < 1.29 is 23.7 Å². The van der Waals surface area contributed by atoms with E-state index in [0.29, 0.717) is 37.9 Å². The summed E-state index contributed by atoms with van der Waals surface area (Å²) in [6, 6.07) is 31.2. The van der Waals surface area contributed by atoms with Crippen molar-refractivity contribution >= 4 is 11.6 Å². The van der Waals surface area contributed by atoms with Crippen LogP contribution in [0.2, 0.25) is 0 Å². The molecule has 0 aliphatic rings. The Bertz CT molecular complexity index is 1300. The van der Waals surface area contributed by atoms with Crippen LogP contribution < -0.4 is 23.8 Å². The fourth-order valence-corrected chi connectivity index (χ4v) is 3.96. The van der Waals surface area contributed by atoms with Crippen molar-refractivity contribution in [1.29, 1.82) is 0 Å². The second-order valence-corrected chi connectivity index (χ2v) is 8.72. The Morgan fingerprint density at radius 1 is 0.684 bits per heavy atom. The van der Waals surface area contributed by atoms with E-state index in [1.165, 1.54) is 0 Å². The molecule has 4 aromatic carbocycles. The molecule has 0 radical (unpaired) electrons. The lowest BCUT2D eigenvalue weighted by atomic mass is 10.1. The molecule has 0 N–H and O–H groups in total. The maximum Gasteiger partial charge on any atom is 0.224 e. The summed E-state index contributed by atoms with van der Waals surface area (Å²) in [7, 11) is 1.61. The van der Waals surface area contributed by atoms with Gasteiger partial charge in [0.25, 0.3) is 0 Å². The van der Waals surface area contributed by atoms with Gasteiger partial charge >= 0.3 is 0 Å². The van der Waals surface area contributed by atoms with Gasteiger partial charge in [0.1, 0.15) is 24.7 Å². The van der Waals surface area contributed by atoms with Crippen molar-refractivity contribution in [3.8, 4) is 23.0 Å². The first-order valence-corrected chi connectivity index (χ1v) is 12.6. The van der Waals surface area contributed by atoms with Crippen molar-refractivity contribution in [1.82, 2.24) is 0 Å². The first-order chi connectivity index (χ1) is 18.6. The minimum Gasteiger partial charge on any atom is -0.493 e.